The molecule has 15 heteroatoms. The molecule has 4 rings (SSSR count). The number of halogens is 1. The van der Waals surface area contributed by atoms with Gasteiger partial charge in [0.1, 0.15) is 30.7 Å². The molecule has 190 valence electrons. The second-order valence-electron chi connectivity index (χ2n) is 7.92. The maximum atomic E-state index is 13.7. The average molecular weight is 520 g/mol. The van der Waals surface area contributed by atoms with E-state index in [1.165, 1.54) is 30.0 Å². The number of nitrogens with zero attached hydrogens (tertiary/aromatic N) is 4. The maximum Gasteiger partial charge on any atom is 0.459 e. The Kier molecular flexibility index (Phi) is 6.94. The number of ether oxygens (including phenoxy) is 1. The molecular weight excluding hydrogens is 498 g/mol. The fourth-order valence-electron chi connectivity index (χ4n) is 3.53. The minimum Gasteiger partial charge on any atom is -0.480 e. The van der Waals surface area contributed by atoms with Gasteiger partial charge in [0, 0.05) is 6.42 Å². The van der Waals surface area contributed by atoms with E-state index >= 15 is 0 Å². The summed E-state index contributed by atoms with van der Waals surface area (Å²) >= 11 is 0. The highest BCUT2D eigenvalue weighted by Crippen LogP contribution is 2.47. The van der Waals surface area contributed by atoms with E-state index in [9.17, 15) is 24.0 Å². The van der Waals surface area contributed by atoms with Crippen molar-refractivity contribution in [3.8, 4) is 18.1 Å². The zero-order chi connectivity index (χ0) is 26.1. The van der Waals surface area contributed by atoms with Gasteiger partial charge in [-0.1, -0.05) is 24.1 Å². The second kappa shape index (κ2) is 9.81. The first-order valence-electron chi connectivity index (χ1n) is 10.5. The van der Waals surface area contributed by atoms with Gasteiger partial charge < -0.3 is 25.2 Å². The van der Waals surface area contributed by atoms with Crippen molar-refractivity contribution in [2.45, 2.75) is 37.3 Å². The van der Waals surface area contributed by atoms with Crippen LogP contribution in [0.5, 0.6) is 5.75 Å². The van der Waals surface area contributed by atoms with Crippen LogP contribution in [0.15, 0.2) is 36.7 Å². The number of hydrogen-bond donors (Lipinski definition) is 4. The van der Waals surface area contributed by atoms with Gasteiger partial charge in [-0.2, -0.15) is 19.4 Å². The number of imidazole rings is 1. The largest absolute Gasteiger partial charge is 0.480 e. The SMILES string of the molecule is C#C[C@]1(COP(=O)(NC(C)C(=O)O)Oc2ccccc2)O[C@@H](n2cnc3c(N)nc(F)nc32)C[C@@H]1O. The van der Waals surface area contributed by atoms with Gasteiger partial charge in [0.15, 0.2) is 22.6 Å². The van der Waals surface area contributed by atoms with E-state index in [1.54, 1.807) is 18.2 Å². The summed E-state index contributed by atoms with van der Waals surface area (Å²) in [5, 5.41) is 22.4. The molecule has 2 aromatic heterocycles. The lowest BCUT2D eigenvalue weighted by atomic mass is 9.99. The van der Waals surface area contributed by atoms with E-state index in [-0.39, 0.29) is 29.2 Å². The Bertz CT molecular complexity index is 1370. The quantitative estimate of drug-likeness (QED) is 0.181. The molecule has 1 fully saturated rings. The number of nitrogens with two attached hydrogens (primary N) is 1. The number of aliphatic carboxylic acids is 1. The Labute approximate surface area is 204 Å². The summed E-state index contributed by atoms with van der Waals surface area (Å²) in [5.41, 5.74) is 4.00. The average Bonchev–Trinajstić information content (AvgIpc) is 3.39. The molecule has 0 spiro atoms. The number of carbonyl (C=O) groups is 1. The number of rotatable bonds is 9. The topological polar surface area (TPSA) is 184 Å². The number of terminal acetylenes is 1. The third-order valence-electron chi connectivity index (χ3n) is 5.43. The van der Waals surface area contributed by atoms with Crippen LogP contribution < -0.4 is 15.3 Å². The van der Waals surface area contributed by atoms with Crippen LogP contribution in [0.2, 0.25) is 0 Å². The van der Waals surface area contributed by atoms with Crippen molar-refractivity contribution in [3.63, 3.8) is 0 Å². The molecule has 0 radical (unpaired) electrons. The van der Waals surface area contributed by atoms with E-state index in [0.29, 0.717) is 0 Å². The number of carboxylic acids is 1. The Morgan fingerprint density at radius 1 is 1.47 bits per heavy atom. The molecule has 36 heavy (non-hydrogen) atoms. The Hall–Kier alpha value is -3.60. The number of nitrogen functional groups attached to an aromatic ring is 1. The molecule has 2 unspecified atom stereocenters. The van der Waals surface area contributed by atoms with Crippen LogP contribution in [0.1, 0.15) is 19.6 Å². The fraction of sp³-hybridized carbons (Fsp3) is 0.333. The molecule has 1 saturated heterocycles. The van der Waals surface area contributed by atoms with Crippen molar-refractivity contribution in [1.82, 2.24) is 24.6 Å². The summed E-state index contributed by atoms with van der Waals surface area (Å²) in [6, 6.07) is 6.60. The van der Waals surface area contributed by atoms with Crippen molar-refractivity contribution in [3.05, 3.63) is 42.7 Å². The lowest BCUT2D eigenvalue weighted by molar-refractivity contribution is -0.138. The lowest BCUT2D eigenvalue weighted by Crippen LogP contribution is -2.43. The minimum absolute atomic E-state index is 0.0148. The number of aliphatic hydroxyl groups is 1. The highest BCUT2D eigenvalue weighted by atomic mass is 31.2. The third-order valence-corrected chi connectivity index (χ3v) is 7.05. The van der Waals surface area contributed by atoms with Crippen molar-refractivity contribution in [2.24, 2.45) is 0 Å². The van der Waals surface area contributed by atoms with Gasteiger partial charge >= 0.3 is 19.8 Å². The van der Waals surface area contributed by atoms with Gasteiger partial charge in [0.2, 0.25) is 0 Å². The number of carboxylic acid groups (broad SMARTS) is 1. The van der Waals surface area contributed by atoms with Crippen molar-refractivity contribution < 1.29 is 37.7 Å². The monoisotopic (exact) mass is 520 g/mol. The number of aliphatic hydroxyl groups excluding tert-OH is 1. The van der Waals surface area contributed by atoms with E-state index in [0.717, 1.165) is 0 Å². The van der Waals surface area contributed by atoms with Crippen LogP contribution in [0.3, 0.4) is 0 Å². The highest BCUT2D eigenvalue weighted by molar-refractivity contribution is 7.52. The molecule has 1 aromatic carbocycles. The molecule has 13 nitrogen and oxygen atoms in total. The van der Waals surface area contributed by atoms with Crippen LogP contribution in [-0.4, -0.2) is 60.1 Å². The first kappa shape index (κ1) is 25.5. The molecule has 0 amide bonds. The zero-order valence-corrected chi connectivity index (χ0v) is 19.7. The fourth-order valence-corrected chi connectivity index (χ4v) is 5.05. The predicted molar refractivity (Wildman–Crippen MR) is 123 cm³/mol. The summed E-state index contributed by atoms with van der Waals surface area (Å²) in [6.45, 7) is 0.597. The van der Waals surface area contributed by atoms with Gasteiger partial charge in [-0.3, -0.25) is 13.9 Å². The standard InChI is InChI=1S/C21H22FN6O7P/c1-3-21(10-33-36(32,27-12(2)19(30)31)35-13-7-5-4-6-8-13)14(29)9-15(34-21)28-11-24-16-17(23)25-20(22)26-18(16)28/h1,4-8,11-12,14-15,29H,9-10H2,2H3,(H,27,32)(H,30,31)(H2,23,25,26)/t12?,14-,15+,21+,36?/m0/s1. The van der Waals surface area contributed by atoms with E-state index < -0.39 is 50.4 Å². The maximum absolute atomic E-state index is 13.7. The molecule has 0 aliphatic carbocycles. The molecule has 1 aliphatic rings. The second-order valence-corrected chi connectivity index (χ2v) is 9.62. The van der Waals surface area contributed by atoms with E-state index in [4.69, 9.17) is 25.9 Å². The number of para-hydroxylation sites is 1. The summed E-state index contributed by atoms with van der Waals surface area (Å²) < 4.78 is 45.4. The molecule has 5 atom stereocenters. The summed E-state index contributed by atoms with van der Waals surface area (Å²) in [6.07, 6.45) is 3.47. The Morgan fingerprint density at radius 2 is 2.19 bits per heavy atom. The molecule has 0 bridgehead atoms. The predicted octanol–water partition coefficient (Wildman–Crippen LogP) is 1.47. The molecule has 3 aromatic rings. The minimum atomic E-state index is -4.34. The number of aromatic nitrogens is 4. The molecule has 5 N–H and O–H groups in total. The number of nitrogens with one attached hydrogen (secondary N) is 1. The zero-order valence-electron chi connectivity index (χ0n) is 18.8. The summed E-state index contributed by atoms with van der Waals surface area (Å²) in [4.78, 5) is 22.5. The highest BCUT2D eigenvalue weighted by Gasteiger charge is 2.50. The number of benzene rings is 1. The molecule has 3 heterocycles. The summed E-state index contributed by atoms with van der Waals surface area (Å²) in [7, 11) is -4.34. The number of fused-ring (bicyclic) bond motifs is 1. The number of anilines is 1. The lowest BCUT2D eigenvalue weighted by Gasteiger charge is -2.29. The molecule has 1 aliphatic heterocycles. The van der Waals surface area contributed by atoms with Gasteiger partial charge in [-0.25, -0.2) is 9.55 Å². The van der Waals surface area contributed by atoms with Crippen LogP contribution >= 0.6 is 7.75 Å². The Balaban J connectivity index is 1.58. The van der Waals surface area contributed by atoms with E-state index in [1.807, 2.05) is 0 Å². The van der Waals surface area contributed by atoms with Crippen LogP contribution in [0.4, 0.5) is 10.2 Å². The van der Waals surface area contributed by atoms with Gasteiger partial charge in [0.25, 0.3) is 0 Å². The van der Waals surface area contributed by atoms with E-state index in [2.05, 4.69) is 26.0 Å². The molecule has 0 saturated carbocycles. The van der Waals surface area contributed by atoms with Crippen LogP contribution in [0, 0.1) is 18.4 Å². The van der Waals surface area contributed by atoms with Crippen LogP contribution in [0.25, 0.3) is 11.2 Å². The van der Waals surface area contributed by atoms with Gasteiger partial charge in [0.05, 0.1) is 6.33 Å². The first-order valence-corrected chi connectivity index (χ1v) is 12.1. The molecular formula is C21H22FN6O7P. The normalized spacial score (nSPS) is 24.2. The summed E-state index contributed by atoms with van der Waals surface area (Å²) in [5.74, 6) is 0.967. The van der Waals surface area contributed by atoms with Gasteiger partial charge in [-0.05, 0) is 19.1 Å². The van der Waals surface area contributed by atoms with Gasteiger partial charge in [-0.15, -0.1) is 6.42 Å². The van der Waals surface area contributed by atoms with Crippen molar-refractivity contribution in [2.75, 3.05) is 12.3 Å². The van der Waals surface area contributed by atoms with Crippen molar-refractivity contribution >= 4 is 30.7 Å². The Morgan fingerprint density at radius 3 is 2.86 bits per heavy atom. The first-order chi connectivity index (χ1) is 17.1. The van der Waals surface area contributed by atoms with Crippen LogP contribution in [-0.2, 0) is 18.6 Å². The third kappa shape index (κ3) is 5.01. The smallest absolute Gasteiger partial charge is 0.459 e. The van der Waals surface area contributed by atoms with Crippen molar-refractivity contribution in [1.29, 1.82) is 0 Å². The number of hydrogen-bond acceptors (Lipinski definition) is 10.